The summed E-state index contributed by atoms with van der Waals surface area (Å²) in [5, 5.41) is 4.52. The number of nitrogens with zero attached hydrogens (tertiary/aromatic N) is 1. The van der Waals surface area contributed by atoms with Crippen LogP contribution in [0.15, 0.2) is 180 Å². The second-order valence-corrected chi connectivity index (χ2v) is 12.5. The van der Waals surface area contributed by atoms with Crippen LogP contribution >= 0.6 is 0 Å². The van der Waals surface area contributed by atoms with E-state index < -0.39 is 0 Å². The third kappa shape index (κ3) is 4.44. The number of ether oxygens (including phenoxy) is 1. The number of fused-ring (bicyclic) bond motifs is 5. The fraction of sp³-hybridized carbons (Fsp3) is 0. The van der Waals surface area contributed by atoms with Gasteiger partial charge in [-0.2, -0.15) is 0 Å². The molecule has 0 bridgehead atoms. The SMILES string of the molecule is c1ccc(-c2ccc(N(c3ccc4c(c3)Oc3ccc(-c5ccccc5)c5cccc-4c35)c3cccc4c3oc3ccccc34)cc2)cc1. The highest BCUT2D eigenvalue weighted by Gasteiger charge is 2.25. The molecule has 0 atom stereocenters. The van der Waals surface area contributed by atoms with Gasteiger partial charge < -0.3 is 14.1 Å². The molecule has 0 spiro atoms. The summed E-state index contributed by atoms with van der Waals surface area (Å²) in [6, 6.07) is 61.8. The highest BCUT2D eigenvalue weighted by Crippen LogP contribution is 2.51. The Kier molecular flexibility index (Phi) is 6.18. The van der Waals surface area contributed by atoms with Crippen molar-refractivity contribution in [1.29, 1.82) is 0 Å². The topological polar surface area (TPSA) is 25.6 Å². The Bertz CT molecular complexity index is 2670. The third-order valence-electron chi connectivity index (χ3n) is 9.68. The monoisotopic (exact) mass is 627 g/mol. The molecule has 49 heavy (non-hydrogen) atoms. The van der Waals surface area contributed by atoms with Crippen molar-refractivity contribution in [2.75, 3.05) is 4.90 Å². The van der Waals surface area contributed by atoms with Gasteiger partial charge in [0.25, 0.3) is 0 Å². The fourth-order valence-corrected chi connectivity index (χ4v) is 7.40. The second-order valence-electron chi connectivity index (χ2n) is 12.5. The lowest BCUT2D eigenvalue weighted by Crippen LogP contribution is -2.11. The first-order valence-electron chi connectivity index (χ1n) is 16.6. The van der Waals surface area contributed by atoms with Gasteiger partial charge in [-0.1, -0.05) is 127 Å². The lowest BCUT2D eigenvalue weighted by atomic mass is 9.90. The molecule has 1 aliphatic heterocycles. The Hall–Kier alpha value is -6.58. The Labute approximate surface area is 283 Å². The van der Waals surface area contributed by atoms with Crippen molar-refractivity contribution < 1.29 is 9.15 Å². The van der Waals surface area contributed by atoms with Crippen molar-refractivity contribution in [3.8, 4) is 44.9 Å². The molecule has 2 heterocycles. The minimum absolute atomic E-state index is 0.827. The molecule has 3 heteroatoms. The molecule has 8 aromatic carbocycles. The quantitative estimate of drug-likeness (QED) is 0.190. The Morgan fingerprint density at radius 2 is 1.04 bits per heavy atom. The maximum absolute atomic E-state index is 6.77. The van der Waals surface area contributed by atoms with E-state index >= 15 is 0 Å². The minimum Gasteiger partial charge on any atom is -0.456 e. The van der Waals surface area contributed by atoms with E-state index in [1.807, 2.05) is 18.2 Å². The number of anilines is 3. The van der Waals surface area contributed by atoms with E-state index in [-0.39, 0.29) is 0 Å². The predicted octanol–water partition coefficient (Wildman–Crippen LogP) is 13.3. The maximum Gasteiger partial charge on any atom is 0.159 e. The second kappa shape index (κ2) is 11.0. The molecule has 3 nitrogen and oxygen atoms in total. The van der Waals surface area contributed by atoms with E-state index in [4.69, 9.17) is 9.15 Å². The largest absolute Gasteiger partial charge is 0.456 e. The van der Waals surface area contributed by atoms with E-state index in [9.17, 15) is 0 Å². The standard InChI is InChI=1S/C46H29NO2/c1-3-11-30(12-4-1)31-21-23-33(24-22-31)47(41-19-10-18-40-36-15-7-8-20-42(36)49-46(40)41)34-25-26-37-39-17-9-16-38-35(32-13-5-2-6-14-32)27-28-43(45(38)39)48-44(37)29-34/h1-29H. The molecule has 0 radical (unpaired) electrons. The van der Waals surface area contributed by atoms with E-state index in [2.05, 4.69) is 163 Å². The van der Waals surface area contributed by atoms with Crippen LogP contribution in [-0.4, -0.2) is 0 Å². The first-order valence-corrected chi connectivity index (χ1v) is 16.6. The summed E-state index contributed by atoms with van der Waals surface area (Å²) < 4.78 is 13.3. The zero-order chi connectivity index (χ0) is 32.3. The summed E-state index contributed by atoms with van der Waals surface area (Å²) in [5.41, 5.74) is 11.7. The van der Waals surface area contributed by atoms with E-state index in [1.54, 1.807) is 0 Å². The highest BCUT2D eigenvalue weighted by molar-refractivity contribution is 6.12. The summed E-state index contributed by atoms with van der Waals surface area (Å²) in [7, 11) is 0. The van der Waals surface area contributed by atoms with Crippen molar-refractivity contribution in [1.82, 2.24) is 0 Å². The lowest BCUT2D eigenvalue weighted by molar-refractivity contribution is 0.487. The summed E-state index contributed by atoms with van der Waals surface area (Å²) in [5.74, 6) is 1.70. The molecule has 9 aromatic rings. The van der Waals surface area contributed by atoms with Gasteiger partial charge in [-0.3, -0.25) is 0 Å². The molecule has 10 rings (SSSR count). The number of rotatable bonds is 5. The van der Waals surface area contributed by atoms with Gasteiger partial charge in [0.2, 0.25) is 0 Å². The van der Waals surface area contributed by atoms with Crippen molar-refractivity contribution in [2.45, 2.75) is 0 Å². The Morgan fingerprint density at radius 3 is 1.88 bits per heavy atom. The van der Waals surface area contributed by atoms with Crippen molar-refractivity contribution in [2.24, 2.45) is 0 Å². The molecule has 0 N–H and O–H groups in total. The van der Waals surface area contributed by atoms with Crippen LogP contribution in [-0.2, 0) is 0 Å². The van der Waals surface area contributed by atoms with Crippen molar-refractivity contribution >= 4 is 49.8 Å². The lowest BCUT2D eigenvalue weighted by Gasteiger charge is -2.28. The summed E-state index contributed by atoms with van der Waals surface area (Å²) in [4.78, 5) is 2.28. The Balaban J connectivity index is 1.15. The summed E-state index contributed by atoms with van der Waals surface area (Å²) in [6.07, 6.45) is 0. The molecular formula is C46H29NO2. The smallest absolute Gasteiger partial charge is 0.159 e. The average molecular weight is 628 g/mol. The van der Waals surface area contributed by atoms with Crippen molar-refractivity contribution in [3.63, 3.8) is 0 Å². The molecule has 1 aromatic heterocycles. The number of hydrogen-bond donors (Lipinski definition) is 0. The molecule has 0 aliphatic carbocycles. The van der Waals surface area contributed by atoms with E-state index in [0.717, 1.165) is 61.4 Å². The molecule has 0 saturated carbocycles. The molecular weight excluding hydrogens is 599 g/mol. The van der Waals surface area contributed by atoms with Gasteiger partial charge in [0.05, 0.1) is 11.4 Å². The van der Waals surface area contributed by atoms with Crippen LogP contribution in [0.3, 0.4) is 0 Å². The van der Waals surface area contributed by atoms with E-state index in [1.165, 1.54) is 33.2 Å². The number of benzene rings is 8. The average Bonchev–Trinajstić information content (AvgIpc) is 3.56. The fourth-order valence-electron chi connectivity index (χ4n) is 7.40. The predicted molar refractivity (Wildman–Crippen MR) is 202 cm³/mol. The summed E-state index contributed by atoms with van der Waals surface area (Å²) >= 11 is 0. The van der Waals surface area contributed by atoms with Gasteiger partial charge in [0.15, 0.2) is 5.58 Å². The van der Waals surface area contributed by atoms with Crippen molar-refractivity contribution in [3.05, 3.63) is 176 Å². The normalized spacial score (nSPS) is 11.8. The first kappa shape index (κ1) is 27.5. The third-order valence-corrected chi connectivity index (χ3v) is 9.68. The van der Waals surface area contributed by atoms with Gasteiger partial charge in [0, 0.05) is 33.5 Å². The van der Waals surface area contributed by atoms with Gasteiger partial charge >= 0.3 is 0 Å². The van der Waals surface area contributed by atoms with Gasteiger partial charge in [-0.05, 0) is 75.7 Å². The zero-order valence-electron chi connectivity index (χ0n) is 26.5. The van der Waals surface area contributed by atoms with Crippen LogP contribution in [0, 0.1) is 0 Å². The van der Waals surface area contributed by atoms with Crippen LogP contribution in [0.1, 0.15) is 0 Å². The molecule has 0 saturated heterocycles. The maximum atomic E-state index is 6.77. The number of para-hydroxylation sites is 2. The van der Waals surface area contributed by atoms with Gasteiger partial charge in [-0.25, -0.2) is 0 Å². The molecule has 1 aliphatic rings. The van der Waals surface area contributed by atoms with Gasteiger partial charge in [-0.15, -0.1) is 0 Å². The van der Waals surface area contributed by atoms with Crippen LogP contribution in [0.4, 0.5) is 17.1 Å². The zero-order valence-corrected chi connectivity index (χ0v) is 26.5. The van der Waals surface area contributed by atoms with Gasteiger partial charge in [0.1, 0.15) is 17.1 Å². The van der Waals surface area contributed by atoms with Crippen LogP contribution in [0.2, 0.25) is 0 Å². The van der Waals surface area contributed by atoms with Crippen LogP contribution < -0.4 is 9.64 Å². The number of furan rings is 1. The van der Waals surface area contributed by atoms with E-state index in [0.29, 0.717) is 0 Å². The molecule has 0 unspecified atom stereocenters. The number of hydrogen-bond acceptors (Lipinski definition) is 3. The summed E-state index contributed by atoms with van der Waals surface area (Å²) in [6.45, 7) is 0. The van der Waals surface area contributed by atoms with Crippen LogP contribution in [0.25, 0.3) is 66.1 Å². The first-order chi connectivity index (χ1) is 24.3. The van der Waals surface area contributed by atoms with Crippen LogP contribution in [0.5, 0.6) is 11.5 Å². The molecule has 0 amide bonds. The highest BCUT2D eigenvalue weighted by atomic mass is 16.5. The minimum atomic E-state index is 0.827. The Morgan fingerprint density at radius 1 is 0.388 bits per heavy atom. The molecule has 230 valence electrons. The molecule has 0 fully saturated rings.